The maximum atomic E-state index is 11.1. The Morgan fingerprint density at radius 1 is 1.06 bits per heavy atom. The predicted octanol–water partition coefficient (Wildman–Crippen LogP) is -5.89. The third-order valence-electron chi connectivity index (χ3n) is 4.43. The summed E-state index contributed by atoms with van der Waals surface area (Å²) in [5.74, 6) is 1.28. The molecular formula is C21H24K3O7PS. The molecule has 0 aliphatic rings. The van der Waals surface area contributed by atoms with E-state index in [1.807, 2.05) is 38.1 Å². The van der Waals surface area contributed by atoms with Crippen LogP contribution in [-0.2, 0) is 27.5 Å². The van der Waals surface area contributed by atoms with E-state index in [1.165, 1.54) is 5.57 Å². The van der Waals surface area contributed by atoms with Crippen LogP contribution >= 0.6 is 7.60 Å². The van der Waals surface area contributed by atoms with Gasteiger partial charge in [0.1, 0.15) is 21.6 Å². The van der Waals surface area contributed by atoms with Crippen molar-refractivity contribution in [2.45, 2.75) is 44.5 Å². The molecule has 0 radical (unpaired) electrons. The zero-order valence-electron chi connectivity index (χ0n) is 19.8. The van der Waals surface area contributed by atoms with Gasteiger partial charge in [0.25, 0.3) is 0 Å². The second-order valence-corrected chi connectivity index (χ2v) is 10.8. The van der Waals surface area contributed by atoms with E-state index in [0.29, 0.717) is 17.9 Å². The Balaban J connectivity index is 0. The van der Waals surface area contributed by atoms with E-state index in [2.05, 4.69) is 6.08 Å². The number of ether oxygens (including phenoxy) is 1. The van der Waals surface area contributed by atoms with Gasteiger partial charge < -0.3 is 23.6 Å². The molecule has 0 amide bonds. The summed E-state index contributed by atoms with van der Waals surface area (Å²) >= 11 is 0. The fraction of sp³-hybridized carbons (Fsp3) is 0.333. The molecule has 7 nitrogen and oxygen atoms in total. The number of hydrogen-bond acceptors (Lipinski definition) is 7. The number of rotatable bonds is 10. The predicted molar refractivity (Wildman–Crippen MR) is 110 cm³/mol. The van der Waals surface area contributed by atoms with Crippen LogP contribution in [0.1, 0.15) is 37.8 Å². The van der Waals surface area contributed by atoms with E-state index in [-0.39, 0.29) is 161 Å². The Hall–Kier alpha value is 2.95. The van der Waals surface area contributed by atoms with Crippen molar-refractivity contribution in [3.8, 4) is 11.5 Å². The Morgan fingerprint density at radius 3 is 2.27 bits per heavy atom. The van der Waals surface area contributed by atoms with Gasteiger partial charge in [-0.2, -0.15) is 0 Å². The van der Waals surface area contributed by atoms with E-state index in [1.54, 1.807) is 24.3 Å². The number of para-hydroxylation sites is 1. The molecule has 2 aromatic carbocycles. The minimum absolute atomic E-state index is 0. The van der Waals surface area contributed by atoms with Crippen molar-refractivity contribution < 1.29 is 186 Å². The quantitative estimate of drug-likeness (QED) is 0.121. The molecule has 0 saturated heterocycles. The van der Waals surface area contributed by atoms with Gasteiger partial charge in [0.15, 0.2) is 0 Å². The Kier molecular flexibility index (Phi) is 21.1. The fourth-order valence-electron chi connectivity index (χ4n) is 2.92. The molecule has 2 aromatic rings. The second kappa shape index (κ2) is 18.3. The van der Waals surface area contributed by atoms with E-state index < -0.39 is 29.1 Å². The molecule has 0 bridgehead atoms. The van der Waals surface area contributed by atoms with Crippen LogP contribution in [0.25, 0.3) is 0 Å². The third kappa shape index (κ3) is 14.6. The van der Waals surface area contributed by atoms with Crippen LogP contribution in [0.4, 0.5) is 0 Å². The fourth-order valence-corrected chi connectivity index (χ4v) is 5.14. The molecule has 0 aliphatic carbocycles. The molecule has 1 atom stereocenters. The van der Waals surface area contributed by atoms with Crippen LogP contribution in [0.2, 0.25) is 0 Å². The van der Waals surface area contributed by atoms with Gasteiger partial charge in [-0.05, 0) is 68.9 Å². The summed E-state index contributed by atoms with van der Waals surface area (Å²) < 4.78 is 50.2. The van der Waals surface area contributed by atoms with Gasteiger partial charge in [-0.1, -0.05) is 49.6 Å². The molecule has 33 heavy (non-hydrogen) atoms. The van der Waals surface area contributed by atoms with Crippen LogP contribution in [-0.4, -0.2) is 18.0 Å². The van der Waals surface area contributed by atoms with Crippen LogP contribution in [0.15, 0.2) is 60.2 Å². The van der Waals surface area contributed by atoms with Gasteiger partial charge in [-0.3, -0.25) is 0 Å². The maximum absolute atomic E-state index is 11.1. The molecule has 0 fully saturated rings. The monoisotopic (exact) mass is 568 g/mol. The van der Waals surface area contributed by atoms with Gasteiger partial charge in [-0.25, -0.2) is 8.42 Å². The normalized spacial score (nSPS) is 11.8. The number of aryl methyl sites for hydroxylation is 1. The number of hydrogen-bond donors (Lipinski definition) is 0. The van der Waals surface area contributed by atoms with Crippen LogP contribution in [0.5, 0.6) is 11.5 Å². The first kappa shape index (κ1) is 38.1. The maximum Gasteiger partial charge on any atom is 1.00 e. The summed E-state index contributed by atoms with van der Waals surface area (Å²) in [6.45, 7) is 4.04. The summed E-state index contributed by atoms with van der Waals surface area (Å²) in [6.07, 6.45) is 2.65. The van der Waals surface area contributed by atoms with Crippen molar-refractivity contribution in [3.63, 3.8) is 0 Å². The largest absolute Gasteiger partial charge is 1.00 e. The van der Waals surface area contributed by atoms with E-state index in [0.717, 1.165) is 17.5 Å². The average molecular weight is 569 g/mol. The van der Waals surface area contributed by atoms with E-state index >= 15 is 0 Å². The summed E-state index contributed by atoms with van der Waals surface area (Å²) in [7, 11) is -10.7. The molecule has 12 heteroatoms. The average Bonchev–Trinajstić information content (AvgIpc) is 2.63. The third-order valence-corrected chi connectivity index (χ3v) is 7.85. The van der Waals surface area contributed by atoms with Gasteiger partial charge in [-0.15, -0.1) is 0 Å². The van der Waals surface area contributed by atoms with Gasteiger partial charge in [0.2, 0.25) is 0 Å². The Labute approximate surface area is 324 Å². The van der Waals surface area contributed by atoms with Crippen molar-refractivity contribution >= 4 is 17.7 Å². The second-order valence-electron chi connectivity index (χ2n) is 7.22. The van der Waals surface area contributed by atoms with Crippen molar-refractivity contribution in [1.82, 2.24) is 0 Å². The summed E-state index contributed by atoms with van der Waals surface area (Å²) in [5.41, 5.74) is 2.99. The Bertz CT molecular complexity index is 1050. The summed E-state index contributed by atoms with van der Waals surface area (Å²) in [4.78, 5) is 19.7. The zero-order chi connectivity index (χ0) is 22.4. The Morgan fingerprint density at radius 2 is 1.70 bits per heavy atom. The minimum atomic E-state index is -5.52. The smallest absolute Gasteiger partial charge is 0.810 e. The summed E-state index contributed by atoms with van der Waals surface area (Å²) in [5, 5.41) is 0. The molecule has 0 N–H and O–H groups in total. The zero-order valence-corrected chi connectivity index (χ0v) is 30.9. The first-order valence-electron chi connectivity index (χ1n) is 9.41. The SMILES string of the molecule is CC(C)=CCc1ccccc1Oc1cccc(CCCC(P(=O)([O-])[O-])S(=O)(=O)[O-])c1.[K+].[K+].[K+]. The minimum Gasteiger partial charge on any atom is -0.810 e. The van der Waals surface area contributed by atoms with Crippen molar-refractivity contribution in [1.29, 1.82) is 0 Å². The molecule has 1 unspecified atom stereocenters. The van der Waals surface area contributed by atoms with Crippen molar-refractivity contribution in [2.75, 3.05) is 0 Å². The molecule has 0 spiro atoms. The molecule has 0 aromatic heterocycles. The molecule has 2 rings (SSSR count). The molecule has 0 saturated carbocycles. The van der Waals surface area contributed by atoms with Crippen LogP contribution in [0, 0.1) is 0 Å². The van der Waals surface area contributed by atoms with Gasteiger partial charge in [0, 0.05) is 0 Å². The molecule has 0 heterocycles. The molecular weight excluding hydrogens is 545 g/mol. The topological polar surface area (TPSA) is 130 Å². The van der Waals surface area contributed by atoms with E-state index in [4.69, 9.17) is 4.74 Å². The first-order valence-corrected chi connectivity index (χ1v) is 12.5. The van der Waals surface area contributed by atoms with Gasteiger partial charge in [0.05, 0.1) is 4.99 Å². The van der Waals surface area contributed by atoms with E-state index in [9.17, 15) is 27.3 Å². The van der Waals surface area contributed by atoms with Crippen LogP contribution < -0.4 is 169 Å². The van der Waals surface area contributed by atoms with Crippen molar-refractivity contribution in [2.24, 2.45) is 0 Å². The van der Waals surface area contributed by atoms with Crippen LogP contribution in [0.3, 0.4) is 0 Å². The molecule has 164 valence electrons. The summed E-state index contributed by atoms with van der Waals surface area (Å²) in [6, 6.07) is 14.7. The first-order chi connectivity index (χ1) is 14.0. The number of benzene rings is 2. The van der Waals surface area contributed by atoms with Crippen molar-refractivity contribution in [3.05, 3.63) is 71.3 Å². The number of allylic oxidation sites excluding steroid dienone is 2. The van der Waals surface area contributed by atoms with Gasteiger partial charge >= 0.3 is 154 Å². The standard InChI is InChI=1S/C21H27O7PS.3K/c1-16(2)13-14-18-9-3-4-11-20(18)28-19-10-5-7-17(15-19)8-6-12-21(29(22,23)24)30(25,26)27;;;/h3-5,7,9-11,13,15,21H,6,8,12,14H2,1-2H3,(H2,22,23,24)(H,25,26,27);;;/q;3*+1/p-3. The molecule has 0 aliphatic heterocycles.